The fourth-order valence-electron chi connectivity index (χ4n) is 1.76. The number of amides is 1. The first-order valence-electron chi connectivity index (χ1n) is 6.61. The highest BCUT2D eigenvalue weighted by Crippen LogP contribution is 2.00. The average molecular weight is 301 g/mol. The number of nitrogens with zero attached hydrogens (tertiary/aromatic N) is 2. The molecule has 8 nitrogen and oxygen atoms in total. The van der Waals surface area contributed by atoms with Crippen LogP contribution in [0.15, 0.2) is 39.0 Å². The molecule has 0 unspecified atom stereocenters. The first kappa shape index (κ1) is 15.4. The van der Waals surface area contributed by atoms with Crippen molar-refractivity contribution in [3.05, 3.63) is 61.9 Å². The van der Waals surface area contributed by atoms with Crippen molar-refractivity contribution in [3.63, 3.8) is 0 Å². The van der Waals surface area contributed by atoms with Crippen LogP contribution in [-0.4, -0.2) is 27.3 Å². The van der Waals surface area contributed by atoms with Gasteiger partial charge >= 0.3 is 5.69 Å². The van der Waals surface area contributed by atoms with Crippen LogP contribution in [0.5, 0.6) is 0 Å². The minimum atomic E-state index is -0.680. The van der Waals surface area contributed by atoms with E-state index in [2.05, 4.69) is 20.7 Å². The molecule has 0 atom stereocenters. The van der Waals surface area contributed by atoms with E-state index in [-0.39, 0.29) is 24.4 Å². The topological polar surface area (TPSA) is 120 Å². The third-order valence-corrected chi connectivity index (χ3v) is 2.82. The standard InChI is InChI=1S/C14H15N5O3/c1-9-3-2-4-10(7-9)8-15-18-12(20)6-5-11-13(21)16-14(22)19-17-11/h2-4,7-8H,5-6H2,1H3,(H,18,20)(H2,16,19,21,22)/b15-8+. The molecule has 2 rings (SSSR count). The number of benzene rings is 1. The fourth-order valence-corrected chi connectivity index (χ4v) is 1.76. The Morgan fingerprint density at radius 1 is 1.41 bits per heavy atom. The molecule has 0 saturated heterocycles. The molecule has 3 N–H and O–H groups in total. The molecule has 1 aromatic carbocycles. The van der Waals surface area contributed by atoms with Crippen molar-refractivity contribution < 1.29 is 4.79 Å². The normalized spacial score (nSPS) is 10.8. The highest BCUT2D eigenvalue weighted by atomic mass is 16.2. The predicted octanol–water partition coefficient (Wildman–Crippen LogP) is -0.150. The van der Waals surface area contributed by atoms with Crippen LogP contribution in [0, 0.1) is 6.92 Å². The van der Waals surface area contributed by atoms with Gasteiger partial charge in [-0.15, -0.1) is 0 Å². The largest absolute Gasteiger partial charge is 0.342 e. The second-order valence-electron chi connectivity index (χ2n) is 4.66. The number of H-pyrrole nitrogens is 2. The van der Waals surface area contributed by atoms with Gasteiger partial charge in [0.05, 0.1) is 6.21 Å². The Hall–Kier alpha value is -3.03. The quantitative estimate of drug-likeness (QED) is 0.525. The van der Waals surface area contributed by atoms with E-state index in [1.165, 1.54) is 6.21 Å². The molecule has 0 aliphatic heterocycles. The highest BCUT2D eigenvalue weighted by Gasteiger charge is 2.06. The molecule has 1 heterocycles. The van der Waals surface area contributed by atoms with Crippen LogP contribution in [0.25, 0.3) is 0 Å². The molecule has 8 heteroatoms. The molecular weight excluding hydrogens is 286 g/mol. The van der Waals surface area contributed by atoms with Crippen LogP contribution < -0.4 is 16.7 Å². The minimum absolute atomic E-state index is 0.0350. The van der Waals surface area contributed by atoms with Crippen molar-refractivity contribution in [2.75, 3.05) is 0 Å². The Bertz CT molecular complexity index is 806. The van der Waals surface area contributed by atoms with Crippen molar-refractivity contribution in [1.82, 2.24) is 20.6 Å². The maximum Gasteiger partial charge on any atom is 0.342 e. The number of rotatable bonds is 5. The zero-order chi connectivity index (χ0) is 15.9. The van der Waals surface area contributed by atoms with Crippen LogP contribution in [-0.2, 0) is 11.2 Å². The maximum absolute atomic E-state index is 11.6. The Labute approximate surface area is 125 Å². The van der Waals surface area contributed by atoms with E-state index in [9.17, 15) is 14.4 Å². The van der Waals surface area contributed by atoms with Crippen molar-refractivity contribution in [2.45, 2.75) is 19.8 Å². The van der Waals surface area contributed by atoms with Crippen LogP contribution >= 0.6 is 0 Å². The molecule has 1 amide bonds. The lowest BCUT2D eigenvalue weighted by molar-refractivity contribution is -0.121. The average Bonchev–Trinajstić information content (AvgIpc) is 2.46. The zero-order valence-electron chi connectivity index (χ0n) is 11.9. The number of hydrogen-bond donors (Lipinski definition) is 3. The Morgan fingerprint density at radius 3 is 2.95 bits per heavy atom. The minimum Gasteiger partial charge on any atom is -0.273 e. The molecule has 22 heavy (non-hydrogen) atoms. The molecule has 114 valence electrons. The van der Waals surface area contributed by atoms with Gasteiger partial charge in [0.25, 0.3) is 5.56 Å². The molecule has 0 aliphatic carbocycles. The first-order valence-corrected chi connectivity index (χ1v) is 6.61. The molecule has 0 saturated carbocycles. The summed E-state index contributed by atoms with van der Waals surface area (Å²) in [4.78, 5) is 35.8. The lowest BCUT2D eigenvalue weighted by Gasteiger charge is -1.99. The molecule has 0 aliphatic rings. The van der Waals surface area contributed by atoms with Gasteiger partial charge in [-0.05, 0) is 12.5 Å². The van der Waals surface area contributed by atoms with E-state index < -0.39 is 11.2 Å². The molecule has 1 aromatic heterocycles. The number of aromatic nitrogens is 3. The summed E-state index contributed by atoms with van der Waals surface area (Å²) in [6, 6.07) is 7.66. The van der Waals surface area contributed by atoms with Gasteiger partial charge in [-0.25, -0.2) is 15.3 Å². The van der Waals surface area contributed by atoms with Gasteiger partial charge in [-0.2, -0.15) is 10.2 Å². The SMILES string of the molecule is Cc1cccc(/C=N/NC(=O)CCc2n[nH]c(=O)[nH]c2=O)c1. The zero-order valence-corrected chi connectivity index (χ0v) is 11.9. The molecule has 0 radical (unpaired) electrons. The molecule has 0 bridgehead atoms. The Kier molecular flexibility index (Phi) is 4.97. The van der Waals surface area contributed by atoms with E-state index in [0.29, 0.717) is 0 Å². The van der Waals surface area contributed by atoms with Gasteiger partial charge in [0.15, 0.2) is 0 Å². The lowest BCUT2D eigenvalue weighted by atomic mass is 10.2. The van der Waals surface area contributed by atoms with E-state index >= 15 is 0 Å². The summed E-state index contributed by atoms with van der Waals surface area (Å²) in [5, 5.41) is 9.54. The lowest BCUT2D eigenvalue weighted by Crippen LogP contribution is -2.28. The van der Waals surface area contributed by atoms with E-state index in [4.69, 9.17) is 0 Å². The predicted molar refractivity (Wildman–Crippen MR) is 80.7 cm³/mol. The highest BCUT2D eigenvalue weighted by molar-refractivity contribution is 5.82. The summed E-state index contributed by atoms with van der Waals surface area (Å²) in [7, 11) is 0. The van der Waals surface area contributed by atoms with Crippen molar-refractivity contribution >= 4 is 12.1 Å². The maximum atomic E-state index is 11.6. The van der Waals surface area contributed by atoms with Gasteiger partial charge in [0, 0.05) is 12.8 Å². The smallest absolute Gasteiger partial charge is 0.273 e. The number of carbonyl (C=O) groups is 1. The summed E-state index contributed by atoms with van der Waals surface area (Å²) in [6.45, 7) is 1.96. The van der Waals surface area contributed by atoms with E-state index in [0.717, 1.165) is 11.1 Å². The van der Waals surface area contributed by atoms with Crippen molar-refractivity contribution in [2.24, 2.45) is 5.10 Å². The number of nitrogens with one attached hydrogen (secondary N) is 3. The van der Waals surface area contributed by atoms with E-state index in [1.807, 2.05) is 36.2 Å². The monoisotopic (exact) mass is 301 g/mol. The first-order chi connectivity index (χ1) is 10.5. The number of hydrazone groups is 1. The number of carbonyl (C=O) groups excluding carboxylic acids is 1. The Morgan fingerprint density at radius 2 is 2.23 bits per heavy atom. The summed E-state index contributed by atoms with van der Waals surface area (Å²) >= 11 is 0. The number of aromatic amines is 2. The summed E-state index contributed by atoms with van der Waals surface area (Å²) in [5.74, 6) is -0.351. The van der Waals surface area contributed by atoms with Crippen LogP contribution in [0.2, 0.25) is 0 Å². The Balaban J connectivity index is 1.85. The number of aryl methyl sites for hydroxylation is 2. The van der Waals surface area contributed by atoms with E-state index in [1.54, 1.807) is 0 Å². The second-order valence-corrected chi connectivity index (χ2v) is 4.66. The molecule has 0 spiro atoms. The third-order valence-electron chi connectivity index (χ3n) is 2.82. The van der Waals surface area contributed by atoms with Crippen LogP contribution in [0.3, 0.4) is 0 Å². The summed E-state index contributed by atoms with van der Waals surface area (Å²) < 4.78 is 0. The summed E-state index contributed by atoms with van der Waals surface area (Å²) in [6.07, 6.45) is 1.68. The van der Waals surface area contributed by atoms with Gasteiger partial charge in [-0.1, -0.05) is 29.8 Å². The molecule has 0 fully saturated rings. The molecular formula is C14H15N5O3. The fraction of sp³-hybridized carbons (Fsp3) is 0.214. The molecule has 2 aromatic rings. The second kappa shape index (κ2) is 7.11. The summed E-state index contributed by atoms with van der Waals surface area (Å²) in [5.41, 5.74) is 3.16. The number of hydrogen-bond acceptors (Lipinski definition) is 5. The van der Waals surface area contributed by atoms with Gasteiger partial charge in [0.1, 0.15) is 5.69 Å². The van der Waals surface area contributed by atoms with Gasteiger partial charge in [-0.3, -0.25) is 14.6 Å². The van der Waals surface area contributed by atoms with Gasteiger partial charge < -0.3 is 0 Å². The van der Waals surface area contributed by atoms with Crippen molar-refractivity contribution in [1.29, 1.82) is 0 Å². The van der Waals surface area contributed by atoms with Crippen LogP contribution in [0.1, 0.15) is 23.2 Å². The van der Waals surface area contributed by atoms with Crippen LogP contribution in [0.4, 0.5) is 0 Å². The van der Waals surface area contributed by atoms with Crippen molar-refractivity contribution in [3.8, 4) is 0 Å². The third kappa shape index (κ3) is 4.51. The van der Waals surface area contributed by atoms with Gasteiger partial charge in [0.2, 0.25) is 5.91 Å².